The van der Waals surface area contributed by atoms with Gasteiger partial charge in [-0.15, -0.1) is 0 Å². The van der Waals surface area contributed by atoms with Gasteiger partial charge in [-0.1, -0.05) is 308 Å². The van der Waals surface area contributed by atoms with E-state index in [1.165, 1.54) is 263 Å². The number of amides is 1. The summed E-state index contributed by atoms with van der Waals surface area (Å²) in [5.41, 5.74) is 0. The molecule has 0 saturated carbocycles. The van der Waals surface area contributed by atoms with Crippen molar-refractivity contribution in [3.8, 4) is 0 Å². The van der Waals surface area contributed by atoms with Crippen LogP contribution in [0.15, 0.2) is 24.3 Å². The van der Waals surface area contributed by atoms with Gasteiger partial charge in [0, 0.05) is 6.42 Å². The lowest BCUT2D eigenvalue weighted by Crippen LogP contribution is -2.46. The highest BCUT2D eigenvalue weighted by Crippen LogP contribution is 2.43. The Balaban J connectivity index is 4.07. The van der Waals surface area contributed by atoms with Crippen LogP contribution in [0.1, 0.15) is 335 Å². The third-order valence-corrected chi connectivity index (χ3v) is 16.2. The molecule has 0 aromatic heterocycles. The van der Waals surface area contributed by atoms with Crippen molar-refractivity contribution < 1.29 is 32.9 Å². The third kappa shape index (κ3) is 58.7. The molecule has 9 heteroatoms. The largest absolute Gasteiger partial charge is 0.472 e. The van der Waals surface area contributed by atoms with Gasteiger partial charge < -0.3 is 19.8 Å². The fourth-order valence-corrected chi connectivity index (χ4v) is 10.8. The van der Waals surface area contributed by atoms with Crippen molar-refractivity contribution in [3.05, 3.63) is 24.3 Å². The Labute approximate surface area is 462 Å². The Morgan fingerprint density at radius 2 is 0.770 bits per heavy atom. The topological polar surface area (TPSA) is 105 Å². The summed E-state index contributed by atoms with van der Waals surface area (Å²) in [7, 11) is 1.63. The zero-order valence-electron chi connectivity index (χ0n) is 50.4. The number of allylic oxidation sites excluding steroid dienone is 4. The van der Waals surface area contributed by atoms with Crippen LogP contribution in [0.3, 0.4) is 0 Å². The normalized spacial score (nSPS) is 13.9. The van der Waals surface area contributed by atoms with E-state index in [0.717, 1.165) is 44.9 Å². The van der Waals surface area contributed by atoms with Crippen LogP contribution in [0.25, 0.3) is 0 Å². The van der Waals surface area contributed by atoms with Crippen LogP contribution in [-0.4, -0.2) is 73.4 Å². The zero-order chi connectivity index (χ0) is 54.2. The van der Waals surface area contributed by atoms with Gasteiger partial charge in [0.15, 0.2) is 0 Å². The van der Waals surface area contributed by atoms with Crippen LogP contribution in [-0.2, 0) is 18.4 Å². The second kappa shape index (κ2) is 56.7. The number of quaternary nitrogens is 1. The second-order valence-corrected chi connectivity index (χ2v) is 25.3. The Bertz CT molecular complexity index is 1260. The van der Waals surface area contributed by atoms with Gasteiger partial charge in [0.05, 0.1) is 39.9 Å². The Morgan fingerprint density at radius 1 is 0.459 bits per heavy atom. The van der Waals surface area contributed by atoms with E-state index in [1.54, 1.807) is 0 Å². The molecule has 1 amide bonds. The molecule has 3 unspecified atom stereocenters. The quantitative estimate of drug-likeness (QED) is 0.0243. The fourth-order valence-electron chi connectivity index (χ4n) is 10.1. The Morgan fingerprint density at radius 3 is 1.11 bits per heavy atom. The molecule has 440 valence electrons. The van der Waals surface area contributed by atoms with Crippen molar-refractivity contribution in [3.63, 3.8) is 0 Å². The molecule has 0 aliphatic heterocycles. The number of hydrogen-bond donors (Lipinski definition) is 3. The molecule has 0 bridgehead atoms. The summed E-state index contributed by atoms with van der Waals surface area (Å²) in [5, 5.41) is 14.1. The molecule has 0 aromatic carbocycles. The van der Waals surface area contributed by atoms with Crippen LogP contribution < -0.4 is 5.32 Å². The van der Waals surface area contributed by atoms with Crippen molar-refractivity contribution >= 4 is 13.7 Å². The molecule has 74 heavy (non-hydrogen) atoms. The van der Waals surface area contributed by atoms with Crippen LogP contribution in [0.2, 0.25) is 0 Å². The average Bonchev–Trinajstić information content (AvgIpc) is 3.36. The zero-order valence-corrected chi connectivity index (χ0v) is 51.3. The molecule has 0 aromatic rings. The van der Waals surface area contributed by atoms with Gasteiger partial charge in [-0.25, -0.2) is 4.57 Å². The molecule has 0 radical (unpaired) electrons. The molecule has 3 N–H and O–H groups in total. The number of aliphatic hydroxyl groups excluding tert-OH is 1. The first kappa shape index (κ1) is 73.0. The molecule has 0 saturated heterocycles. The summed E-state index contributed by atoms with van der Waals surface area (Å²) >= 11 is 0. The number of rotatable bonds is 61. The molecule has 8 nitrogen and oxygen atoms in total. The lowest BCUT2D eigenvalue weighted by Gasteiger charge is -2.26. The molecule has 3 atom stereocenters. The molecule has 0 fully saturated rings. The van der Waals surface area contributed by atoms with E-state index in [1.807, 2.05) is 21.1 Å². The molecule has 0 rings (SSSR count). The van der Waals surface area contributed by atoms with Crippen LogP contribution >= 0.6 is 7.82 Å². The van der Waals surface area contributed by atoms with Crippen LogP contribution in [0.4, 0.5) is 0 Å². The summed E-state index contributed by atoms with van der Waals surface area (Å²) in [4.78, 5) is 23.4. The van der Waals surface area contributed by atoms with Gasteiger partial charge in [-0.2, -0.15) is 0 Å². The average molecular weight is 1070 g/mol. The number of unbranched alkanes of at least 4 members (excludes halogenated alkanes) is 44. The highest BCUT2D eigenvalue weighted by molar-refractivity contribution is 7.47. The standard InChI is InChI=1S/C65H129N2O6P/c1-6-8-10-12-14-16-18-20-22-24-26-28-30-32-33-35-36-38-40-42-44-46-48-50-52-54-56-58-64(68)63(62-73-74(70,71)72-61-60-67(3,4)5)66-65(69)59-57-55-53-51-49-47-45-43-41-39-37-34-31-29-27-25-23-21-19-17-15-13-11-9-7-2/h19,21,25,27,63-64,68H,6-18,20,22-24,26,28-62H2,1-5H3,(H-,66,69,70,71)/p+1/b21-19-,27-25-. The van der Waals surface area contributed by atoms with Crippen molar-refractivity contribution in [1.82, 2.24) is 5.32 Å². The van der Waals surface area contributed by atoms with Gasteiger partial charge in [0.1, 0.15) is 13.2 Å². The number of hydrogen-bond acceptors (Lipinski definition) is 5. The number of phosphoric ester groups is 1. The predicted molar refractivity (Wildman–Crippen MR) is 323 cm³/mol. The smallest absolute Gasteiger partial charge is 0.391 e. The van der Waals surface area contributed by atoms with E-state index < -0.39 is 20.0 Å². The summed E-state index contributed by atoms with van der Waals surface area (Å²) < 4.78 is 23.9. The SMILES string of the molecule is CCCCCCC/C=C\C/C=C\CCCCCCCCCCCCCCCC(=O)NC(COP(=O)(O)OCC[N+](C)(C)C)C(O)CCCCCCCCCCCCCCCCCCCCCCCCCCCCC. The van der Waals surface area contributed by atoms with E-state index >= 15 is 0 Å². The molecule has 0 aliphatic rings. The van der Waals surface area contributed by atoms with Crippen molar-refractivity contribution in [1.29, 1.82) is 0 Å². The third-order valence-electron chi connectivity index (χ3n) is 15.2. The van der Waals surface area contributed by atoms with E-state index in [9.17, 15) is 19.4 Å². The van der Waals surface area contributed by atoms with E-state index in [2.05, 4.69) is 43.5 Å². The maximum absolute atomic E-state index is 13.0. The molecule has 0 heterocycles. The van der Waals surface area contributed by atoms with E-state index in [0.29, 0.717) is 23.9 Å². The van der Waals surface area contributed by atoms with Crippen molar-refractivity contribution in [2.75, 3.05) is 40.9 Å². The van der Waals surface area contributed by atoms with Crippen LogP contribution in [0, 0.1) is 0 Å². The van der Waals surface area contributed by atoms with Crippen molar-refractivity contribution in [2.24, 2.45) is 0 Å². The highest BCUT2D eigenvalue weighted by atomic mass is 31.2. The number of carbonyl (C=O) groups excluding carboxylic acids is 1. The van der Waals surface area contributed by atoms with Crippen LogP contribution in [0.5, 0.6) is 0 Å². The maximum Gasteiger partial charge on any atom is 0.472 e. The molecular weight excluding hydrogens is 936 g/mol. The van der Waals surface area contributed by atoms with Gasteiger partial charge in [0.2, 0.25) is 5.91 Å². The molecular formula is C65H130N2O6P+. The van der Waals surface area contributed by atoms with E-state index in [-0.39, 0.29) is 19.1 Å². The van der Waals surface area contributed by atoms with Gasteiger partial charge in [-0.05, 0) is 44.9 Å². The van der Waals surface area contributed by atoms with Crippen molar-refractivity contribution in [2.45, 2.75) is 347 Å². The lowest BCUT2D eigenvalue weighted by atomic mass is 10.0. The molecule has 0 aliphatic carbocycles. The second-order valence-electron chi connectivity index (χ2n) is 23.9. The monoisotopic (exact) mass is 1070 g/mol. The van der Waals surface area contributed by atoms with Gasteiger partial charge in [0.25, 0.3) is 0 Å². The minimum Gasteiger partial charge on any atom is -0.391 e. The fraction of sp³-hybridized carbons (Fsp3) is 0.923. The van der Waals surface area contributed by atoms with E-state index in [4.69, 9.17) is 9.05 Å². The summed E-state index contributed by atoms with van der Waals surface area (Å²) in [5.74, 6) is -0.139. The first-order valence-corrected chi connectivity index (χ1v) is 34.2. The first-order chi connectivity index (χ1) is 36.0. The summed E-state index contributed by atoms with van der Waals surface area (Å²) in [6.07, 6.45) is 72.6. The number of likely N-dealkylation sites (N-methyl/N-ethyl adjacent to an activating group) is 1. The lowest BCUT2D eigenvalue weighted by molar-refractivity contribution is -0.870. The summed E-state index contributed by atoms with van der Waals surface area (Å²) in [6.45, 7) is 4.93. The highest BCUT2D eigenvalue weighted by Gasteiger charge is 2.28. The number of aliphatic hydroxyl groups is 1. The number of phosphoric acid groups is 1. The predicted octanol–water partition coefficient (Wildman–Crippen LogP) is 20.3. The van der Waals surface area contributed by atoms with Gasteiger partial charge in [-0.3, -0.25) is 13.8 Å². The minimum atomic E-state index is -4.33. The first-order valence-electron chi connectivity index (χ1n) is 32.7. The maximum atomic E-state index is 13.0. The number of carbonyl (C=O) groups is 1. The minimum absolute atomic E-state index is 0.0764. The number of nitrogens with zero attached hydrogens (tertiary/aromatic N) is 1. The van der Waals surface area contributed by atoms with Gasteiger partial charge >= 0.3 is 7.82 Å². The molecule has 0 spiro atoms. The summed E-state index contributed by atoms with van der Waals surface area (Å²) in [6, 6.07) is -0.761. The number of nitrogens with one attached hydrogen (secondary N) is 1. The Hall–Kier alpha value is -1.02. The Kier molecular flexibility index (Phi) is 55.9.